The van der Waals surface area contributed by atoms with Gasteiger partial charge in [0.1, 0.15) is 23.5 Å². The molecule has 0 aliphatic carbocycles. The van der Waals surface area contributed by atoms with Crippen LogP contribution in [0.15, 0.2) is 53.4 Å². The van der Waals surface area contributed by atoms with E-state index in [9.17, 15) is 13.2 Å². The van der Waals surface area contributed by atoms with Gasteiger partial charge in [0.05, 0.1) is 10.5 Å². The van der Waals surface area contributed by atoms with Gasteiger partial charge in [-0.15, -0.1) is 0 Å². The summed E-state index contributed by atoms with van der Waals surface area (Å²) in [4.78, 5) is 21.1. The van der Waals surface area contributed by atoms with Gasteiger partial charge in [-0.2, -0.15) is 0 Å². The van der Waals surface area contributed by atoms with E-state index in [-0.39, 0.29) is 28.6 Å². The van der Waals surface area contributed by atoms with E-state index >= 15 is 0 Å². The normalized spacial score (nSPS) is 17.4. The Bertz CT molecular complexity index is 1270. The second kappa shape index (κ2) is 8.23. The summed E-state index contributed by atoms with van der Waals surface area (Å²) in [7, 11) is -3.84. The van der Waals surface area contributed by atoms with Crippen LogP contribution in [0, 0.1) is 13.8 Å². The van der Waals surface area contributed by atoms with E-state index in [1.54, 1.807) is 26.0 Å². The number of nitrogens with one attached hydrogen (secondary N) is 2. The summed E-state index contributed by atoms with van der Waals surface area (Å²) in [6, 6.07) is 13.0. The minimum absolute atomic E-state index is 0.00148. The molecule has 8 nitrogen and oxygen atoms in total. The summed E-state index contributed by atoms with van der Waals surface area (Å²) in [6.07, 6.45) is -0.00148. The third-order valence-corrected chi connectivity index (χ3v) is 6.79. The summed E-state index contributed by atoms with van der Waals surface area (Å²) in [6.45, 7) is 7.49. The van der Waals surface area contributed by atoms with Gasteiger partial charge < -0.3 is 10.1 Å². The lowest BCUT2D eigenvalue weighted by molar-refractivity contribution is 0.102. The highest BCUT2D eigenvalue weighted by molar-refractivity contribution is 7.92. The smallest absolute Gasteiger partial charge is 0.263 e. The third-order valence-electron chi connectivity index (χ3n) is 5.42. The number of anilines is 2. The summed E-state index contributed by atoms with van der Waals surface area (Å²) in [5.41, 5.74) is 2.59. The Balaban J connectivity index is 1.50. The molecule has 1 aliphatic heterocycles. The molecule has 2 aromatic carbocycles. The fourth-order valence-electron chi connectivity index (χ4n) is 3.65. The molecule has 9 heteroatoms. The third kappa shape index (κ3) is 4.29. The fourth-order valence-corrected chi connectivity index (χ4v) is 4.64. The van der Waals surface area contributed by atoms with Crippen molar-refractivity contribution in [3.05, 3.63) is 71.2 Å². The molecule has 4 rings (SSSR count). The van der Waals surface area contributed by atoms with Crippen LogP contribution in [0.4, 0.5) is 11.5 Å². The summed E-state index contributed by atoms with van der Waals surface area (Å²) in [5, 5.41) is 2.81. The number of aryl methyl sites for hydroxylation is 2. The van der Waals surface area contributed by atoms with Crippen molar-refractivity contribution in [3.63, 3.8) is 0 Å². The maximum Gasteiger partial charge on any atom is 0.263 e. The number of amides is 1. The van der Waals surface area contributed by atoms with E-state index in [2.05, 4.69) is 26.9 Å². The van der Waals surface area contributed by atoms with E-state index in [4.69, 9.17) is 4.74 Å². The standard InChI is InChI=1S/C23H24N4O4S/c1-13-12-21(25-16(4)24-13)27-32(29,30)18-10-8-17(9-11-18)26-23(28)20-7-5-6-19-14(2)15(3)31-22(19)20/h5-12,14-15H,1-4H3,(H,26,28)(H,24,25,27)/t14-,15-/m1/s1. The Morgan fingerprint density at radius 1 is 1.03 bits per heavy atom. The van der Waals surface area contributed by atoms with Gasteiger partial charge in [0.15, 0.2) is 0 Å². The Labute approximate surface area is 187 Å². The van der Waals surface area contributed by atoms with Gasteiger partial charge in [-0.1, -0.05) is 19.1 Å². The summed E-state index contributed by atoms with van der Waals surface area (Å²) in [5.74, 6) is 1.17. The van der Waals surface area contributed by atoms with Crippen molar-refractivity contribution in [3.8, 4) is 5.75 Å². The molecule has 1 aromatic heterocycles. The number of hydrogen-bond acceptors (Lipinski definition) is 6. The zero-order valence-corrected chi connectivity index (χ0v) is 19.0. The highest BCUT2D eigenvalue weighted by Gasteiger charge is 2.31. The number of benzene rings is 2. The van der Waals surface area contributed by atoms with E-state index in [0.29, 0.717) is 28.5 Å². The number of fused-ring (bicyclic) bond motifs is 1. The quantitative estimate of drug-likeness (QED) is 0.605. The number of para-hydroxylation sites is 1. The lowest BCUT2D eigenvalue weighted by atomic mass is 9.97. The predicted octanol–water partition coefficient (Wildman–Crippen LogP) is 4.03. The van der Waals surface area contributed by atoms with Crippen LogP contribution in [0.3, 0.4) is 0 Å². The molecule has 0 bridgehead atoms. The summed E-state index contributed by atoms with van der Waals surface area (Å²) >= 11 is 0. The van der Waals surface area contributed by atoms with Crippen molar-refractivity contribution in [2.45, 2.75) is 44.6 Å². The Morgan fingerprint density at radius 3 is 2.44 bits per heavy atom. The average Bonchev–Trinajstić information content (AvgIpc) is 3.01. The number of sulfonamides is 1. The first-order valence-corrected chi connectivity index (χ1v) is 11.7. The molecule has 2 heterocycles. The largest absolute Gasteiger partial charge is 0.489 e. The maximum atomic E-state index is 12.8. The van der Waals surface area contributed by atoms with Crippen molar-refractivity contribution >= 4 is 27.4 Å². The van der Waals surface area contributed by atoms with Gasteiger partial charge in [-0.3, -0.25) is 9.52 Å². The monoisotopic (exact) mass is 452 g/mol. The lowest BCUT2D eigenvalue weighted by Gasteiger charge is -2.11. The second-order valence-corrected chi connectivity index (χ2v) is 9.54. The Morgan fingerprint density at radius 2 is 1.75 bits per heavy atom. The van der Waals surface area contributed by atoms with Gasteiger partial charge in [-0.25, -0.2) is 18.4 Å². The number of carbonyl (C=O) groups is 1. The first kappa shape index (κ1) is 21.8. The molecule has 2 atom stereocenters. The van der Waals surface area contributed by atoms with E-state index in [1.807, 2.05) is 19.1 Å². The molecule has 32 heavy (non-hydrogen) atoms. The van der Waals surface area contributed by atoms with Crippen LogP contribution in [0.25, 0.3) is 0 Å². The fraction of sp³-hybridized carbons (Fsp3) is 0.261. The zero-order valence-electron chi connectivity index (χ0n) is 18.2. The minimum atomic E-state index is -3.84. The van der Waals surface area contributed by atoms with Crippen LogP contribution in [0.2, 0.25) is 0 Å². The van der Waals surface area contributed by atoms with Crippen molar-refractivity contribution in [2.75, 3.05) is 10.0 Å². The molecule has 0 radical (unpaired) electrons. The number of carbonyl (C=O) groups excluding carboxylic acids is 1. The Kier molecular flexibility index (Phi) is 5.60. The Hall–Kier alpha value is -3.46. The number of hydrogen-bond donors (Lipinski definition) is 2. The number of ether oxygens (including phenoxy) is 1. The predicted molar refractivity (Wildman–Crippen MR) is 122 cm³/mol. The maximum absolute atomic E-state index is 12.8. The molecule has 3 aromatic rings. The molecular weight excluding hydrogens is 428 g/mol. The SMILES string of the molecule is Cc1cc(NS(=O)(=O)c2ccc(NC(=O)c3cccc4c3O[C@H](C)[C@H]4C)cc2)nc(C)n1. The second-order valence-electron chi connectivity index (χ2n) is 7.86. The molecule has 0 saturated carbocycles. The molecular formula is C23H24N4O4S. The molecule has 2 N–H and O–H groups in total. The van der Waals surface area contributed by atoms with Crippen LogP contribution in [-0.2, 0) is 10.0 Å². The average molecular weight is 453 g/mol. The molecule has 0 saturated heterocycles. The molecule has 0 unspecified atom stereocenters. The van der Waals surface area contributed by atoms with Gasteiger partial charge >= 0.3 is 0 Å². The van der Waals surface area contributed by atoms with Crippen LogP contribution >= 0.6 is 0 Å². The van der Waals surface area contributed by atoms with Crippen molar-refractivity contribution < 1.29 is 17.9 Å². The summed E-state index contributed by atoms with van der Waals surface area (Å²) < 4.78 is 33.7. The lowest BCUT2D eigenvalue weighted by Crippen LogP contribution is -2.16. The zero-order chi connectivity index (χ0) is 23.0. The first-order valence-electron chi connectivity index (χ1n) is 10.2. The number of rotatable bonds is 5. The number of nitrogens with zero attached hydrogens (tertiary/aromatic N) is 2. The molecule has 0 spiro atoms. The highest BCUT2D eigenvalue weighted by atomic mass is 32.2. The van der Waals surface area contributed by atoms with Gasteiger partial charge in [0.25, 0.3) is 15.9 Å². The van der Waals surface area contributed by atoms with Gasteiger partial charge in [-0.05, 0) is 51.1 Å². The van der Waals surface area contributed by atoms with E-state index in [1.165, 1.54) is 24.3 Å². The molecule has 166 valence electrons. The molecule has 0 fully saturated rings. The van der Waals surface area contributed by atoms with Crippen LogP contribution < -0.4 is 14.8 Å². The first-order chi connectivity index (χ1) is 15.1. The molecule has 1 aliphatic rings. The molecule has 1 amide bonds. The van der Waals surface area contributed by atoms with Gasteiger partial charge in [0, 0.05) is 28.9 Å². The van der Waals surface area contributed by atoms with E-state index in [0.717, 1.165) is 5.56 Å². The highest BCUT2D eigenvalue weighted by Crippen LogP contribution is 2.40. The van der Waals surface area contributed by atoms with Gasteiger partial charge in [0.2, 0.25) is 0 Å². The van der Waals surface area contributed by atoms with Crippen molar-refractivity contribution in [2.24, 2.45) is 0 Å². The van der Waals surface area contributed by atoms with E-state index < -0.39 is 10.0 Å². The van der Waals surface area contributed by atoms with Crippen LogP contribution in [0.1, 0.15) is 47.2 Å². The number of aromatic nitrogens is 2. The van der Waals surface area contributed by atoms with Crippen molar-refractivity contribution in [1.29, 1.82) is 0 Å². The van der Waals surface area contributed by atoms with Crippen LogP contribution in [-0.4, -0.2) is 30.4 Å². The topological polar surface area (TPSA) is 110 Å². The van der Waals surface area contributed by atoms with Crippen molar-refractivity contribution in [1.82, 2.24) is 9.97 Å². The minimum Gasteiger partial charge on any atom is -0.489 e. The van der Waals surface area contributed by atoms with Crippen LogP contribution in [0.5, 0.6) is 5.75 Å².